The first-order valence-corrected chi connectivity index (χ1v) is 8.53. The van der Waals surface area contributed by atoms with Crippen LogP contribution in [0, 0.1) is 27.6 Å². The van der Waals surface area contributed by atoms with Crippen molar-refractivity contribution < 1.29 is 14.6 Å². The SMILES string of the molecule is C=CC1OC2(O)C(COC(C)(C)C)[C@@H]3[C@@H](N=O)C32CCC1(C)C. The second-order valence-corrected chi connectivity index (χ2v) is 9.11. The van der Waals surface area contributed by atoms with Crippen molar-refractivity contribution in [1.29, 1.82) is 0 Å². The summed E-state index contributed by atoms with van der Waals surface area (Å²) in [7, 11) is 0. The predicted octanol–water partition coefficient (Wildman–Crippen LogP) is 3.26. The first-order chi connectivity index (χ1) is 10.5. The molecule has 0 aromatic carbocycles. The van der Waals surface area contributed by atoms with Gasteiger partial charge < -0.3 is 14.6 Å². The number of hydrogen-bond acceptors (Lipinski definition) is 5. The second kappa shape index (κ2) is 4.87. The van der Waals surface area contributed by atoms with Crippen molar-refractivity contribution in [2.45, 2.75) is 71.0 Å². The highest BCUT2D eigenvalue weighted by Gasteiger charge is 2.91. The van der Waals surface area contributed by atoms with Crippen LogP contribution in [0.3, 0.4) is 0 Å². The van der Waals surface area contributed by atoms with Crippen molar-refractivity contribution in [3.63, 3.8) is 0 Å². The van der Waals surface area contributed by atoms with Crippen molar-refractivity contribution in [3.8, 4) is 0 Å². The van der Waals surface area contributed by atoms with Crippen LogP contribution in [0.5, 0.6) is 0 Å². The van der Waals surface area contributed by atoms with Crippen molar-refractivity contribution in [1.82, 2.24) is 0 Å². The summed E-state index contributed by atoms with van der Waals surface area (Å²) in [5, 5.41) is 14.7. The van der Waals surface area contributed by atoms with Gasteiger partial charge in [-0.2, -0.15) is 4.91 Å². The minimum absolute atomic E-state index is 0.0757. The van der Waals surface area contributed by atoms with Gasteiger partial charge in [0, 0.05) is 11.8 Å². The molecule has 1 aliphatic heterocycles. The van der Waals surface area contributed by atoms with Crippen LogP contribution in [-0.4, -0.2) is 35.2 Å². The Labute approximate surface area is 138 Å². The average molecular weight is 323 g/mol. The molecule has 130 valence electrons. The summed E-state index contributed by atoms with van der Waals surface area (Å²) in [5.41, 5.74) is -0.940. The summed E-state index contributed by atoms with van der Waals surface area (Å²) >= 11 is 0. The molecular formula is C18H29NO4. The van der Waals surface area contributed by atoms with Crippen LogP contribution in [-0.2, 0) is 9.47 Å². The number of nitroso groups, excluding NO2 is 1. The van der Waals surface area contributed by atoms with E-state index in [1.165, 1.54) is 0 Å². The fourth-order valence-corrected chi connectivity index (χ4v) is 4.77. The molecule has 1 saturated heterocycles. The molecule has 1 heterocycles. The molecule has 0 bridgehead atoms. The standard InChI is InChI=1S/C18H29NO4/c1-7-12-16(5,6)8-9-17-13(14(17)19-21)11(18(17,20)23-12)10-22-15(2,3)4/h7,11-14,20H,1,8-10H2,2-6H3/t11?,12?,13-,14-,17?,18?/m1/s1. The Kier molecular flexibility index (Phi) is 3.61. The molecule has 3 fully saturated rings. The maximum atomic E-state index is 11.4. The van der Waals surface area contributed by atoms with Crippen LogP contribution in [0.15, 0.2) is 17.8 Å². The Balaban J connectivity index is 1.89. The van der Waals surface area contributed by atoms with Crippen molar-refractivity contribution in [2.75, 3.05) is 6.61 Å². The quantitative estimate of drug-likeness (QED) is 0.637. The molecule has 5 heteroatoms. The van der Waals surface area contributed by atoms with E-state index in [0.29, 0.717) is 6.61 Å². The Morgan fingerprint density at radius 1 is 1.39 bits per heavy atom. The molecule has 1 N–H and O–H groups in total. The van der Waals surface area contributed by atoms with Gasteiger partial charge in [-0.3, -0.25) is 0 Å². The third kappa shape index (κ3) is 2.16. The average Bonchev–Trinajstić information content (AvgIpc) is 3.06. The molecule has 4 unspecified atom stereocenters. The summed E-state index contributed by atoms with van der Waals surface area (Å²) < 4.78 is 12.1. The molecular weight excluding hydrogens is 294 g/mol. The van der Waals surface area contributed by atoms with E-state index >= 15 is 0 Å². The van der Waals surface area contributed by atoms with Gasteiger partial charge in [0.2, 0.25) is 0 Å². The number of nitrogens with zero attached hydrogens (tertiary/aromatic N) is 1. The van der Waals surface area contributed by atoms with Crippen LogP contribution in [0.4, 0.5) is 0 Å². The zero-order valence-electron chi connectivity index (χ0n) is 14.8. The van der Waals surface area contributed by atoms with Gasteiger partial charge in [-0.15, -0.1) is 6.58 Å². The van der Waals surface area contributed by atoms with Gasteiger partial charge in [-0.1, -0.05) is 25.1 Å². The smallest absolute Gasteiger partial charge is 0.179 e. The van der Waals surface area contributed by atoms with E-state index in [1.54, 1.807) is 6.08 Å². The Hall–Kier alpha value is -0.780. The van der Waals surface area contributed by atoms with Crippen molar-refractivity contribution in [3.05, 3.63) is 17.6 Å². The maximum Gasteiger partial charge on any atom is 0.179 e. The number of hydrogen-bond donors (Lipinski definition) is 1. The molecule has 0 aromatic rings. The summed E-state index contributed by atoms with van der Waals surface area (Å²) in [6.07, 6.45) is 3.14. The van der Waals surface area contributed by atoms with E-state index in [2.05, 4.69) is 25.6 Å². The van der Waals surface area contributed by atoms with Crippen LogP contribution in [0.25, 0.3) is 0 Å². The molecule has 3 aliphatic rings. The normalized spacial score (nSPS) is 47.6. The van der Waals surface area contributed by atoms with Crippen LogP contribution in [0.1, 0.15) is 47.5 Å². The molecule has 0 amide bonds. The van der Waals surface area contributed by atoms with Gasteiger partial charge in [0.15, 0.2) is 5.79 Å². The largest absolute Gasteiger partial charge is 0.375 e. The fraction of sp³-hybridized carbons (Fsp3) is 0.889. The second-order valence-electron chi connectivity index (χ2n) is 9.11. The van der Waals surface area contributed by atoms with Gasteiger partial charge >= 0.3 is 0 Å². The van der Waals surface area contributed by atoms with Crippen LogP contribution in [0.2, 0.25) is 0 Å². The zero-order valence-corrected chi connectivity index (χ0v) is 14.8. The van der Waals surface area contributed by atoms with Crippen LogP contribution < -0.4 is 0 Å². The van der Waals surface area contributed by atoms with Crippen molar-refractivity contribution >= 4 is 0 Å². The molecule has 0 radical (unpaired) electrons. The molecule has 3 rings (SSSR count). The number of rotatable bonds is 4. The molecule has 2 aliphatic carbocycles. The number of ether oxygens (including phenoxy) is 2. The summed E-state index contributed by atoms with van der Waals surface area (Å²) in [6.45, 7) is 14.4. The minimum Gasteiger partial charge on any atom is -0.375 e. The monoisotopic (exact) mass is 323 g/mol. The first-order valence-electron chi connectivity index (χ1n) is 8.53. The predicted molar refractivity (Wildman–Crippen MR) is 87.7 cm³/mol. The number of aliphatic hydroxyl groups is 1. The van der Waals surface area contributed by atoms with Gasteiger partial charge in [-0.25, -0.2) is 0 Å². The topological polar surface area (TPSA) is 68.1 Å². The molecule has 5 nitrogen and oxygen atoms in total. The minimum atomic E-state index is -1.34. The molecule has 6 atom stereocenters. The lowest BCUT2D eigenvalue weighted by molar-refractivity contribution is -0.347. The Morgan fingerprint density at radius 2 is 2.04 bits per heavy atom. The summed E-state index contributed by atoms with van der Waals surface area (Å²) in [5.74, 6) is -1.47. The van der Waals surface area contributed by atoms with E-state index in [1.807, 2.05) is 20.8 Å². The van der Waals surface area contributed by atoms with E-state index in [0.717, 1.165) is 12.8 Å². The van der Waals surface area contributed by atoms with Gasteiger partial charge in [0.05, 0.1) is 23.7 Å². The van der Waals surface area contributed by atoms with Gasteiger partial charge in [-0.05, 0) is 39.0 Å². The molecule has 2 saturated carbocycles. The van der Waals surface area contributed by atoms with E-state index in [9.17, 15) is 10.0 Å². The summed E-state index contributed by atoms with van der Waals surface area (Å²) in [4.78, 5) is 11.3. The maximum absolute atomic E-state index is 11.4. The zero-order chi connectivity index (χ0) is 17.3. The van der Waals surface area contributed by atoms with E-state index < -0.39 is 11.2 Å². The van der Waals surface area contributed by atoms with Gasteiger partial charge in [0.25, 0.3) is 0 Å². The highest BCUT2D eigenvalue weighted by molar-refractivity contribution is 5.35. The van der Waals surface area contributed by atoms with Crippen LogP contribution >= 0.6 is 0 Å². The highest BCUT2D eigenvalue weighted by Crippen LogP contribution is 2.80. The molecule has 1 spiro atoms. The third-order valence-corrected chi connectivity index (χ3v) is 6.24. The third-order valence-electron chi connectivity index (χ3n) is 6.24. The summed E-state index contributed by atoms with van der Waals surface area (Å²) in [6, 6.07) is -0.361. The van der Waals surface area contributed by atoms with E-state index in [-0.39, 0.29) is 35.0 Å². The lowest BCUT2D eigenvalue weighted by atomic mass is 9.65. The Bertz CT molecular complexity index is 526. The lowest BCUT2D eigenvalue weighted by Gasteiger charge is -2.51. The van der Waals surface area contributed by atoms with Crippen molar-refractivity contribution in [2.24, 2.45) is 27.8 Å². The van der Waals surface area contributed by atoms with E-state index in [4.69, 9.17) is 9.47 Å². The Morgan fingerprint density at radius 3 is 2.57 bits per heavy atom. The lowest BCUT2D eigenvalue weighted by Crippen LogP contribution is -2.61. The van der Waals surface area contributed by atoms with Gasteiger partial charge in [0.1, 0.15) is 6.04 Å². The molecule has 23 heavy (non-hydrogen) atoms. The first kappa shape index (κ1) is 17.1. The highest BCUT2D eigenvalue weighted by atomic mass is 16.6. The molecule has 0 aromatic heterocycles. The fourth-order valence-electron chi connectivity index (χ4n) is 4.77.